The highest BCUT2D eigenvalue weighted by molar-refractivity contribution is 7.98. The molecule has 4 nitrogen and oxygen atoms in total. The molecule has 0 spiro atoms. The maximum atomic E-state index is 13.3. The zero-order valence-electron chi connectivity index (χ0n) is 10.3. The Morgan fingerprint density at radius 2 is 2.26 bits per heavy atom. The Kier molecular flexibility index (Phi) is 4.20. The summed E-state index contributed by atoms with van der Waals surface area (Å²) in [5, 5.41) is 18.6. The molecule has 1 N–H and O–H groups in total. The second-order valence-corrected chi connectivity index (χ2v) is 4.94. The summed E-state index contributed by atoms with van der Waals surface area (Å²) in [6, 6.07) is 6.20. The number of nitrogens with zero attached hydrogens (tertiary/aromatic N) is 3. The molecule has 0 aliphatic rings. The molecule has 0 atom stereocenters. The van der Waals surface area contributed by atoms with Crippen LogP contribution in [0.15, 0.2) is 29.6 Å². The summed E-state index contributed by atoms with van der Waals surface area (Å²) in [4.78, 5) is 4.17. The standard InChI is InChI=1S/C13H12FN3OS/c1-17-12(7-18)6-16-13(17)19-8-10-2-9(5-15)3-11(14)4-10/h2-4,6,18H,7-8H2,1H3. The Labute approximate surface area is 114 Å². The number of benzene rings is 1. The number of rotatable bonds is 4. The molecule has 19 heavy (non-hydrogen) atoms. The molecule has 0 aliphatic heterocycles. The molecule has 0 saturated heterocycles. The van der Waals surface area contributed by atoms with Crippen LogP contribution in [0.25, 0.3) is 0 Å². The minimum absolute atomic E-state index is 0.0669. The van der Waals surface area contributed by atoms with E-state index >= 15 is 0 Å². The molecule has 98 valence electrons. The van der Waals surface area contributed by atoms with Crippen molar-refractivity contribution in [2.45, 2.75) is 17.5 Å². The van der Waals surface area contributed by atoms with Crippen molar-refractivity contribution in [1.82, 2.24) is 9.55 Å². The monoisotopic (exact) mass is 277 g/mol. The molecule has 0 fully saturated rings. The number of imidazole rings is 1. The van der Waals surface area contributed by atoms with Crippen LogP contribution in [0.5, 0.6) is 0 Å². The maximum absolute atomic E-state index is 13.3. The van der Waals surface area contributed by atoms with E-state index in [9.17, 15) is 4.39 Å². The van der Waals surface area contributed by atoms with Gasteiger partial charge < -0.3 is 9.67 Å². The van der Waals surface area contributed by atoms with E-state index in [0.717, 1.165) is 16.4 Å². The van der Waals surface area contributed by atoms with Crippen LogP contribution in [0.3, 0.4) is 0 Å². The second kappa shape index (κ2) is 5.87. The second-order valence-electron chi connectivity index (χ2n) is 4.00. The first-order valence-electron chi connectivity index (χ1n) is 5.58. The minimum atomic E-state index is -0.412. The SMILES string of the molecule is Cn1c(CO)cnc1SCc1cc(F)cc(C#N)c1. The molecule has 1 heterocycles. The fourth-order valence-corrected chi connectivity index (χ4v) is 2.55. The Morgan fingerprint density at radius 1 is 1.47 bits per heavy atom. The van der Waals surface area contributed by atoms with Crippen LogP contribution in [0, 0.1) is 17.1 Å². The summed E-state index contributed by atoms with van der Waals surface area (Å²) >= 11 is 1.43. The molecule has 0 bridgehead atoms. The summed E-state index contributed by atoms with van der Waals surface area (Å²) < 4.78 is 15.1. The van der Waals surface area contributed by atoms with Crippen LogP contribution >= 0.6 is 11.8 Å². The minimum Gasteiger partial charge on any atom is -0.390 e. The van der Waals surface area contributed by atoms with Crippen molar-refractivity contribution in [2.24, 2.45) is 7.05 Å². The van der Waals surface area contributed by atoms with Crippen LogP contribution in [0.2, 0.25) is 0 Å². The van der Waals surface area contributed by atoms with Gasteiger partial charge in [-0.15, -0.1) is 0 Å². The summed E-state index contributed by atoms with van der Waals surface area (Å²) in [5.41, 5.74) is 1.76. The van der Waals surface area contributed by atoms with Gasteiger partial charge >= 0.3 is 0 Å². The average Bonchev–Trinajstić information content (AvgIpc) is 2.76. The number of aliphatic hydroxyl groups excluding tert-OH is 1. The lowest BCUT2D eigenvalue weighted by Gasteiger charge is -2.04. The quantitative estimate of drug-likeness (QED) is 0.870. The maximum Gasteiger partial charge on any atom is 0.168 e. The van der Waals surface area contributed by atoms with Crippen LogP contribution in [0.1, 0.15) is 16.8 Å². The topological polar surface area (TPSA) is 61.8 Å². The third kappa shape index (κ3) is 3.13. The van der Waals surface area contributed by atoms with E-state index in [1.165, 1.54) is 23.9 Å². The van der Waals surface area contributed by atoms with Gasteiger partial charge in [-0.3, -0.25) is 0 Å². The van der Waals surface area contributed by atoms with E-state index in [-0.39, 0.29) is 6.61 Å². The molecule has 0 radical (unpaired) electrons. The number of hydrogen-bond acceptors (Lipinski definition) is 4. The summed E-state index contributed by atoms with van der Waals surface area (Å²) in [6.07, 6.45) is 1.61. The van der Waals surface area contributed by atoms with E-state index in [4.69, 9.17) is 10.4 Å². The number of hydrogen-bond donors (Lipinski definition) is 1. The van der Waals surface area contributed by atoms with Crippen LogP contribution in [-0.2, 0) is 19.4 Å². The largest absolute Gasteiger partial charge is 0.390 e. The first-order valence-corrected chi connectivity index (χ1v) is 6.56. The fraction of sp³-hybridized carbons (Fsp3) is 0.231. The average molecular weight is 277 g/mol. The van der Waals surface area contributed by atoms with Crippen molar-refractivity contribution in [1.29, 1.82) is 5.26 Å². The normalized spacial score (nSPS) is 10.4. The molecule has 0 amide bonds. The van der Waals surface area contributed by atoms with Crippen molar-refractivity contribution in [2.75, 3.05) is 0 Å². The van der Waals surface area contributed by atoms with Crippen LogP contribution in [-0.4, -0.2) is 14.7 Å². The van der Waals surface area contributed by atoms with Crippen molar-refractivity contribution in [3.05, 3.63) is 47.0 Å². The van der Waals surface area contributed by atoms with Gasteiger partial charge in [0.15, 0.2) is 5.16 Å². The predicted molar refractivity (Wildman–Crippen MR) is 69.8 cm³/mol. The molecule has 1 aromatic carbocycles. The zero-order chi connectivity index (χ0) is 13.8. The third-order valence-corrected chi connectivity index (χ3v) is 3.77. The number of halogens is 1. The van der Waals surface area contributed by atoms with Crippen LogP contribution < -0.4 is 0 Å². The first-order chi connectivity index (χ1) is 9.13. The highest BCUT2D eigenvalue weighted by Gasteiger charge is 2.07. The van der Waals surface area contributed by atoms with Crippen molar-refractivity contribution in [3.8, 4) is 6.07 Å². The van der Waals surface area contributed by atoms with Crippen molar-refractivity contribution in [3.63, 3.8) is 0 Å². The molecule has 6 heteroatoms. The molecule has 0 aliphatic carbocycles. The predicted octanol–water partition coefficient (Wildman–Crippen LogP) is 2.22. The summed E-state index contributed by atoms with van der Waals surface area (Å²) in [6.45, 7) is -0.0669. The molecule has 2 aromatic rings. The summed E-state index contributed by atoms with van der Waals surface area (Å²) in [5.74, 6) is 0.104. The van der Waals surface area contributed by atoms with E-state index in [2.05, 4.69) is 4.98 Å². The lowest BCUT2D eigenvalue weighted by Crippen LogP contribution is -1.97. The van der Waals surface area contributed by atoms with E-state index < -0.39 is 5.82 Å². The smallest absolute Gasteiger partial charge is 0.168 e. The number of nitriles is 1. The number of thioether (sulfide) groups is 1. The van der Waals surface area contributed by atoms with E-state index in [0.29, 0.717) is 11.3 Å². The molecular formula is C13H12FN3OS. The Hall–Kier alpha value is -1.84. The lowest BCUT2D eigenvalue weighted by molar-refractivity contribution is 0.271. The van der Waals surface area contributed by atoms with E-state index in [1.807, 2.05) is 13.1 Å². The summed E-state index contributed by atoms with van der Waals surface area (Å²) in [7, 11) is 1.81. The van der Waals surface area contributed by atoms with Crippen LogP contribution in [0.4, 0.5) is 4.39 Å². The number of aromatic nitrogens is 2. The van der Waals surface area contributed by atoms with Gasteiger partial charge in [0, 0.05) is 12.8 Å². The lowest BCUT2D eigenvalue weighted by atomic mass is 10.1. The van der Waals surface area contributed by atoms with Gasteiger partial charge in [-0.2, -0.15) is 5.26 Å². The van der Waals surface area contributed by atoms with E-state index in [1.54, 1.807) is 16.8 Å². The third-order valence-electron chi connectivity index (χ3n) is 2.66. The zero-order valence-corrected chi connectivity index (χ0v) is 11.1. The molecule has 2 rings (SSSR count). The fourth-order valence-electron chi connectivity index (χ4n) is 1.65. The highest BCUT2D eigenvalue weighted by atomic mass is 32.2. The van der Waals surface area contributed by atoms with Gasteiger partial charge in [-0.25, -0.2) is 9.37 Å². The Morgan fingerprint density at radius 3 is 2.89 bits per heavy atom. The van der Waals surface area contributed by atoms with Gasteiger partial charge in [-0.1, -0.05) is 11.8 Å². The van der Waals surface area contributed by atoms with Gasteiger partial charge in [0.1, 0.15) is 5.82 Å². The molecule has 0 saturated carbocycles. The van der Waals surface area contributed by atoms with Gasteiger partial charge in [0.25, 0.3) is 0 Å². The van der Waals surface area contributed by atoms with Gasteiger partial charge in [0.2, 0.25) is 0 Å². The first kappa shape index (κ1) is 13.6. The Bertz CT molecular complexity index is 633. The van der Waals surface area contributed by atoms with Gasteiger partial charge in [-0.05, 0) is 23.8 Å². The molecular weight excluding hydrogens is 265 g/mol. The van der Waals surface area contributed by atoms with Gasteiger partial charge in [0.05, 0.1) is 30.1 Å². The highest BCUT2D eigenvalue weighted by Crippen LogP contribution is 2.23. The van der Waals surface area contributed by atoms with Crippen molar-refractivity contribution >= 4 is 11.8 Å². The van der Waals surface area contributed by atoms with Crippen molar-refractivity contribution < 1.29 is 9.50 Å². The molecule has 0 unspecified atom stereocenters. The molecule has 1 aromatic heterocycles. The Balaban J connectivity index is 2.12. The number of aliphatic hydroxyl groups is 1.